The zero-order chi connectivity index (χ0) is 28.9. The van der Waals surface area contributed by atoms with Crippen LogP contribution in [0.2, 0.25) is 0 Å². The van der Waals surface area contributed by atoms with Gasteiger partial charge in [-0.3, -0.25) is 14.4 Å². The van der Waals surface area contributed by atoms with Crippen molar-refractivity contribution in [2.45, 2.75) is 39.2 Å². The molecule has 0 aromatic heterocycles. The molecule has 4 N–H and O–H groups in total. The molecule has 1 saturated heterocycles. The zero-order valence-corrected chi connectivity index (χ0v) is 23.4. The molecule has 13 heteroatoms. The van der Waals surface area contributed by atoms with Crippen LogP contribution in [0, 0.1) is 5.92 Å². The molecule has 4 amide bonds. The first kappa shape index (κ1) is 31.3. The molecule has 1 heterocycles. The summed E-state index contributed by atoms with van der Waals surface area (Å²) in [5.74, 6) is -0.374. The quantitative estimate of drug-likeness (QED) is 0.110. The molecule has 1 aromatic rings. The van der Waals surface area contributed by atoms with Crippen LogP contribution in [0.4, 0.5) is 15.3 Å². The summed E-state index contributed by atoms with van der Waals surface area (Å²) < 4.78 is 5.06. The second kappa shape index (κ2) is 15.5. The fourth-order valence-corrected chi connectivity index (χ4v) is 3.63. The molecular formula is C26H41N7O6. The number of amides is 4. The van der Waals surface area contributed by atoms with Crippen molar-refractivity contribution in [1.82, 2.24) is 20.4 Å². The maximum absolute atomic E-state index is 12.8. The minimum Gasteiger partial charge on any atom is -0.465 e. The molecule has 39 heavy (non-hydrogen) atoms. The lowest BCUT2D eigenvalue weighted by molar-refractivity contribution is -0.144. The number of amidine groups is 1. The van der Waals surface area contributed by atoms with Crippen molar-refractivity contribution in [2.24, 2.45) is 16.8 Å². The first-order valence-electron chi connectivity index (χ1n) is 13.0. The molecule has 1 aromatic carbocycles. The summed E-state index contributed by atoms with van der Waals surface area (Å²) in [7, 11) is 5.55. The Hall–Kier alpha value is -3.87. The van der Waals surface area contributed by atoms with Gasteiger partial charge in [-0.15, -0.1) is 0 Å². The second-order valence-corrected chi connectivity index (χ2v) is 10.0. The topological polar surface area (TPSA) is 159 Å². The van der Waals surface area contributed by atoms with Crippen LogP contribution >= 0.6 is 0 Å². The molecule has 13 nitrogen and oxygen atoms in total. The van der Waals surface area contributed by atoms with Gasteiger partial charge in [0.15, 0.2) is 5.84 Å². The Bertz CT molecular complexity index is 1010. The van der Waals surface area contributed by atoms with Gasteiger partial charge in [0.1, 0.15) is 6.04 Å². The Kier molecular flexibility index (Phi) is 12.5. The fraction of sp³-hybridized carbons (Fsp3) is 0.577. The molecule has 1 fully saturated rings. The summed E-state index contributed by atoms with van der Waals surface area (Å²) >= 11 is 0. The second-order valence-electron chi connectivity index (χ2n) is 10.0. The van der Waals surface area contributed by atoms with Gasteiger partial charge in [-0.2, -0.15) is 0 Å². The van der Waals surface area contributed by atoms with Crippen LogP contribution in [0.3, 0.4) is 0 Å². The van der Waals surface area contributed by atoms with Crippen LogP contribution in [0.15, 0.2) is 29.4 Å². The smallest absolute Gasteiger partial charge is 0.435 e. The van der Waals surface area contributed by atoms with E-state index in [9.17, 15) is 19.2 Å². The van der Waals surface area contributed by atoms with E-state index in [-0.39, 0.29) is 36.6 Å². The highest BCUT2D eigenvalue weighted by atomic mass is 16.7. The van der Waals surface area contributed by atoms with E-state index in [0.717, 1.165) is 13.0 Å². The number of nitrogens with one attached hydrogen (secondary N) is 2. The number of oxime groups is 1. The van der Waals surface area contributed by atoms with Gasteiger partial charge in [0, 0.05) is 37.9 Å². The molecule has 1 aliphatic rings. The van der Waals surface area contributed by atoms with Crippen molar-refractivity contribution in [1.29, 1.82) is 0 Å². The molecule has 1 atom stereocenters. The minimum absolute atomic E-state index is 0.0219. The number of nitrogens with two attached hydrogens (primary N) is 1. The largest absolute Gasteiger partial charge is 0.465 e. The number of anilines is 1. The summed E-state index contributed by atoms with van der Waals surface area (Å²) in [6.45, 7) is 6.11. The molecule has 1 aliphatic heterocycles. The van der Waals surface area contributed by atoms with E-state index < -0.39 is 18.2 Å². The lowest BCUT2D eigenvalue weighted by atomic mass is 10.2. The molecule has 0 radical (unpaired) electrons. The maximum Gasteiger partial charge on any atom is 0.435 e. The SMILES string of the molecule is CC(C)COC(=O)CCNC(=O)NC1CCN(c2ccc(C(N)=NOC(=O)N(C)CCCN(C)C)cc2)C1=O. The van der Waals surface area contributed by atoms with Crippen molar-refractivity contribution in [3.05, 3.63) is 29.8 Å². The van der Waals surface area contributed by atoms with E-state index in [4.69, 9.17) is 15.3 Å². The molecule has 216 valence electrons. The summed E-state index contributed by atoms with van der Waals surface area (Å²) in [6.07, 6.45) is 0.678. The number of esters is 1. The normalized spacial score (nSPS) is 15.5. The molecule has 0 spiro atoms. The zero-order valence-electron chi connectivity index (χ0n) is 23.4. The van der Waals surface area contributed by atoms with E-state index in [2.05, 4.69) is 15.8 Å². The number of hydrogen-bond donors (Lipinski definition) is 3. The average Bonchev–Trinajstić information content (AvgIpc) is 3.25. The number of carbonyl (C=O) groups excluding carboxylic acids is 4. The number of rotatable bonds is 13. The first-order chi connectivity index (χ1) is 18.5. The van der Waals surface area contributed by atoms with Gasteiger partial charge in [0.05, 0.1) is 13.0 Å². The lowest BCUT2D eigenvalue weighted by Crippen LogP contribution is -2.46. The summed E-state index contributed by atoms with van der Waals surface area (Å²) in [5, 5.41) is 8.95. The highest BCUT2D eigenvalue weighted by Gasteiger charge is 2.33. The Labute approximate surface area is 229 Å². The van der Waals surface area contributed by atoms with Crippen LogP contribution in [0.1, 0.15) is 38.7 Å². The molecule has 0 saturated carbocycles. The third-order valence-corrected chi connectivity index (χ3v) is 5.81. The van der Waals surface area contributed by atoms with Crippen LogP contribution in [-0.4, -0.2) is 99.6 Å². The number of hydrogen-bond acceptors (Lipinski definition) is 8. The summed E-state index contributed by atoms with van der Waals surface area (Å²) in [4.78, 5) is 58.7. The summed E-state index contributed by atoms with van der Waals surface area (Å²) in [5.41, 5.74) is 7.12. The van der Waals surface area contributed by atoms with Crippen LogP contribution in [-0.2, 0) is 19.2 Å². The Morgan fingerprint density at radius 3 is 2.49 bits per heavy atom. The monoisotopic (exact) mass is 547 g/mol. The predicted octanol–water partition coefficient (Wildman–Crippen LogP) is 1.32. The van der Waals surface area contributed by atoms with Crippen molar-refractivity contribution >= 4 is 35.5 Å². The van der Waals surface area contributed by atoms with E-state index in [1.165, 1.54) is 4.90 Å². The third kappa shape index (κ3) is 10.8. The maximum atomic E-state index is 12.8. The predicted molar refractivity (Wildman–Crippen MR) is 147 cm³/mol. The van der Waals surface area contributed by atoms with Crippen molar-refractivity contribution < 1.29 is 28.8 Å². The van der Waals surface area contributed by atoms with Gasteiger partial charge >= 0.3 is 18.1 Å². The third-order valence-electron chi connectivity index (χ3n) is 5.81. The Morgan fingerprint density at radius 1 is 1.15 bits per heavy atom. The van der Waals surface area contributed by atoms with Crippen LogP contribution in [0.25, 0.3) is 0 Å². The average molecular weight is 548 g/mol. The van der Waals surface area contributed by atoms with E-state index in [1.54, 1.807) is 36.2 Å². The molecule has 1 unspecified atom stereocenters. The van der Waals surface area contributed by atoms with E-state index in [1.807, 2.05) is 32.8 Å². The van der Waals surface area contributed by atoms with Gasteiger partial charge in [-0.05, 0) is 63.7 Å². The molecule has 0 aliphatic carbocycles. The van der Waals surface area contributed by atoms with Gasteiger partial charge < -0.3 is 35.8 Å². The van der Waals surface area contributed by atoms with E-state index >= 15 is 0 Å². The van der Waals surface area contributed by atoms with Crippen LogP contribution in [0.5, 0.6) is 0 Å². The summed E-state index contributed by atoms with van der Waals surface area (Å²) in [6, 6.07) is 5.54. The van der Waals surface area contributed by atoms with E-state index in [0.29, 0.717) is 37.4 Å². The van der Waals surface area contributed by atoms with Gasteiger partial charge in [0.2, 0.25) is 5.91 Å². The number of benzene rings is 1. The molecular weight excluding hydrogens is 506 g/mol. The Morgan fingerprint density at radius 2 is 1.85 bits per heavy atom. The Balaban J connectivity index is 1.81. The van der Waals surface area contributed by atoms with Gasteiger partial charge in [-0.25, -0.2) is 9.59 Å². The van der Waals surface area contributed by atoms with Gasteiger partial charge in [0.25, 0.3) is 0 Å². The highest BCUT2D eigenvalue weighted by molar-refractivity contribution is 6.02. The van der Waals surface area contributed by atoms with Crippen molar-refractivity contribution in [2.75, 3.05) is 58.8 Å². The number of urea groups is 1. The molecule has 2 rings (SSSR count). The number of nitrogens with zero attached hydrogens (tertiary/aromatic N) is 4. The van der Waals surface area contributed by atoms with Crippen molar-refractivity contribution in [3.8, 4) is 0 Å². The van der Waals surface area contributed by atoms with Gasteiger partial charge in [-0.1, -0.05) is 19.0 Å². The van der Waals surface area contributed by atoms with Crippen molar-refractivity contribution in [3.63, 3.8) is 0 Å². The highest BCUT2D eigenvalue weighted by Crippen LogP contribution is 2.22. The fourth-order valence-electron chi connectivity index (χ4n) is 3.63. The minimum atomic E-state index is -0.682. The number of ether oxygens (including phenoxy) is 1. The molecule has 0 bridgehead atoms. The lowest BCUT2D eigenvalue weighted by Gasteiger charge is -2.18. The van der Waals surface area contributed by atoms with Crippen LogP contribution < -0.4 is 21.3 Å². The standard InChI is InChI=1S/C26H41N7O6/c1-18(2)17-38-22(34)11-13-28-25(36)29-21-12-16-33(24(21)35)20-9-7-19(8-10-20)23(27)30-39-26(37)32(5)15-6-14-31(3)4/h7-10,18,21H,6,11-17H2,1-5H3,(H2,27,30)(H2,28,29,36). The number of carbonyl (C=O) groups is 4. The first-order valence-corrected chi connectivity index (χ1v) is 13.0.